The lowest BCUT2D eigenvalue weighted by Gasteiger charge is -2.12. The number of alkyl halides is 3. The predicted octanol–water partition coefficient (Wildman–Crippen LogP) is 4.11. The third kappa shape index (κ3) is 5.44. The van der Waals surface area contributed by atoms with Crippen LogP contribution in [0.1, 0.15) is 22.2 Å². The van der Waals surface area contributed by atoms with E-state index in [-0.39, 0.29) is 17.2 Å². The highest BCUT2D eigenvalue weighted by atomic mass is 35.6. The monoisotopic (exact) mass is 345 g/mol. The fraction of sp³-hybridized carbons (Fsp3) is 0.400. The van der Waals surface area contributed by atoms with Crippen LogP contribution in [0.25, 0.3) is 0 Å². The molecule has 0 aliphatic rings. The van der Waals surface area contributed by atoms with Crippen LogP contribution in [-0.4, -0.2) is 22.6 Å². The zero-order valence-corrected chi connectivity index (χ0v) is 13.0. The summed E-state index contributed by atoms with van der Waals surface area (Å²) in [5, 5.41) is 2.60. The van der Waals surface area contributed by atoms with Crippen molar-refractivity contribution in [3.63, 3.8) is 0 Å². The first-order valence-corrected chi connectivity index (χ1v) is 7.02. The fourth-order valence-electron chi connectivity index (χ4n) is 1.19. The van der Waals surface area contributed by atoms with Gasteiger partial charge in [0.25, 0.3) is 0 Å². The Morgan fingerprint density at radius 1 is 1.42 bits per heavy atom. The Hall–Kier alpha value is -0.690. The first kappa shape index (κ1) is 16.4. The average molecular weight is 347 g/mol. The summed E-state index contributed by atoms with van der Waals surface area (Å²) in [6.07, 6.45) is -0.979. The molecule has 19 heavy (non-hydrogen) atoms. The number of anilines is 1. The van der Waals surface area contributed by atoms with E-state index in [1.54, 1.807) is 19.9 Å². The SMILES string of the molecule is CCOC(=O)c1cc(C)sc1NC(=O)OC(Cl)(Cl)Cl. The first-order chi connectivity index (χ1) is 8.73. The Morgan fingerprint density at radius 2 is 2.05 bits per heavy atom. The number of hydrogen-bond donors (Lipinski definition) is 1. The largest absolute Gasteiger partial charge is 0.462 e. The van der Waals surface area contributed by atoms with Gasteiger partial charge in [0.1, 0.15) is 5.00 Å². The van der Waals surface area contributed by atoms with E-state index >= 15 is 0 Å². The first-order valence-electron chi connectivity index (χ1n) is 5.07. The smallest absolute Gasteiger partial charge is 0.415 e. The van der Waals surface area contributed by atoms with Crippen LogP contribution in [0, 0.1) is 6.92 Å². The van der Waals surface area contributed by atoms with Gasteiger partial charge in [-0.25, -0.2) is 9.59 Å². The minimum absolute atomic E-state index is 0.227. The molecule has 0 atom stereocenters. The Labute approximate surface area is 128 Å². The van der Waals surface area contributed by atoms with E-state index in [0.717, 1.165) is 4.88 Å². The number of aryl methyl sites for hydroxylation is 1. The molecule has 5 nitrogen and oxygen atoms in total. The quantitative estimate of drug-likeness (QED) is 0.661. The van der Waals surface area contributed by atoms with Crippen molar-refractivity contribution in [2.24, 2.45) is 0 Å². The maximum Gasteiger partial charge on any atom is 0.415 e. The van der Waals surface area contributed by atoms with E-state index in [4.69, 9.17) is 39.5 Å². The number of thiophene rings is 1. The van der Waals surface area contributed by atoms with E-state index in [2.05, 4.69) is 10.1 Å². The molecule has 0 aliphatic heterocycles. The molecule has 0 aromatic carbocycles. The molecule has 1 aromatic heterocycles. The van der Waals surface area contributed by atoms with Crippen molar-refractivity contribution in [1.29, 1.82) is 0 Å². The number of carbonyl (C=O) groups excluding carboxylic acids is 2. The van der Waals surface area contributed by atoms with E-state index in [1.165, 1.54) is 11.3 Å². The molecule has 1 amide bonds. The summed E-state index contributed by atoms with van der Waals surface area (Å²) in [6, 6.07) is 1.59. The van der Waals surface area contributed by atoms with Crippen molar-refractivity contribution >= 4 is 63.2 Å². The maximum absolute atomic E-state index is 11.7. The molecule has 1 rings (SSSR count). The van der Waals surface area contributed by atoms with Crippen LogP contribution >= 0.6 is 46.1 Å². The topological polar surface area (TPSA) is 64.6 Å². The van der Waals surface area contributed by atoms with Gasteiger partial charge in [0.05, 0.1) is 12.2 Å². The van der Waals surface area contributed by atoms with Gasteiger partial charge in [-0.15, -0.1) is 11.3 Å². The van der Waals surface area contributed by atoms with Crippen LogP contribution in [0.5, 0.6) is 0 Å². The lowest BCUT2D eigenvalue weighted by Crippen LogP contribution is -2.21. The number of carbonyl (C=O) groups is 2. The summed E-state index contributed by atoms with van der Waals surface area (Å²) in [7, 11) is 0. The lowest BCUT2D eigenvalue weighted by molar-refractivity contribution is 0.0528. The number of esters is 1. The van der Waals surface area contributed by atoms with Crippen molar-refractivity contribution in [3.05, 3.63) is 16.5 Å². The second-order valence-electron chi connectivity index (χ2n) is 3.28. The molecule has 0 saturated carbocycles. The molecule has 9 heteroatoms. The van der Waals surface area contributed by atoms with Crippen LogP contribution in [0.2, 0.25) is 0 Å². The van der Waals surface area contributed by atoms with Crippen molar-refractivity contribution in [2.45, 2.75) is 17.8 Å². The number of hydrogen-bond acceptors (Lipinski definition) is 5. The van der Waals surface area contributed by atoms with Crippen LogP contribution in [0.4, 0.5) is 9.80 Å². The van der Waals surface area contributed by atoms with Gasteiger partial charge in [-0.1, -0.05) is 0 Å². The van der Waals surface area contributed by atoms with Crippen molar-refractivity contribution in [3.8, 4) is 0 Å². The number of ether oxygens (including phenoxy) is 2. The minimum atomic E-state index is -2.17. The second kappa shape index (κ2) is 6.65. The zero-order chi connectivity index (χ0) is 14.6. The van der Waals surface area contributed by atoms with E-state index < -0.39 is 16.0 Å². The Bertz CT molecular complexity index is 484. The molecular weight excluding hydrogens is 337 g/mol. The summed E-state index contributed by atoms with van der Waals surface area (Å²) in [6.45, 7) is 3.69. The van der Waals surface area contributed by atoms with Crippen molar-refractivity contribution < 1.29 is 19.1 Å². The van der Waals surface area contributed by atoms with Gasteiger partial charge < -0.3 is 9.47 Å². The van der Waals surface area contributed by atoms with Gasteiger partial charge in [0.15, 0.2) is 0 Å². The van der Waals surface area contributed by atoms with Crippen LogP contribution in [0.15, 0.2) is 6.07 Å². The molecule has 1 N–H and O–H groups in total. The molecule has 0 radical (unpaired) electrons. The number of amides is 1. The molecule has 1 aromatic rings. The molecular formula is C10H10Cl3NO4S. The van der Waals surface area contributed by atoms with Gasteiger partial charge >= 0.3 is 16.0 Å². The van der Waals surface area contributed by atoms with Crippen LogP contribution in [-0.2, 0) is 9.47 Å². The van der Waals surface area contributed by atoms with Gasteiger partial charge in [-0.2, -0.15) is 0 Å². The third-order valence-electron chi connectivity index (χ3n) is 1.77. The summed E-state index contributed by atoms with van der Waals surface area (Å²) >= 11 is 17.1. The third-order valence-corrected chi connectivity index (χ3v) is 2.97. The Kier molecular flexibility index (Phi) is 5.73. The number of nitrogens with one attached hydrogen (secondary N) is 1. The van der Waals surface area contributed by atoms with Crippen LogP contribution in [0.3, 0.4) is 0 Å². The van der Waals surface area contributed by atoms with Crippen molar-refractivity contribution in [1.82, 2.24) is 0 Å². The lowest BCUT2D eigenvalue weighted by atomic mass is 10.3. The van der Waals surface area contributed by atoms with Crippen molar-refractivity contribution in [2.75, 3.05) is 11.9 Å². The molecule has 0 spiro atoms. The standard InChI is InChI=1S/C10H10Cl3NO4S/c1-3-17-8(15)6-4-5(2)19-7(6)14-9(16)18-10(11,12)13/h4H,3H2,1-2H3,(H,14,16). The van der Waals surface area contributed by atoms with Crippen LogP contribution < -0.4 is 5.32 Å². The zero-order valence-electron chi connectivity index (χ0n) is 9.96. The molecule has 0 unspecified atom stereocenters. The van der Waals surface area contributed by atoms with Gasteiger partial charge in [0.2, 0.25) is 0 Å². The Balaban J connectivity index is 2.83. The summed E-state index contributed by atoms with van der Waals surface area (Å²) in [5.41, 5.74) is 0.227. The molecule has 0 aliphatic carbocycles. The highest BCUT2D eigenvalue weighted by Crippen LogP contribution is 2.31. The van der Waals surface area contributed by atoms with E-state index in [9.17, 15) is 9.59 Å². The fourth-order valence-corrected chi connectivity index (χ4v) is 2.29. The average Bonchev–Trinajstić information content (AvgIpc) is 2.56. The highest BCUT2D eigenvalue weighted by molar-refractivity contribution is 7.16. The Morgan fingerprint density at radius 3 is 2.58 bits per heavy atom. The molecule has 0 saturated heterocycles. The normalized spacial score (nSPS) is 11.0. The molecule has 0 fully saturated rings. The predicted molar refractivity (Wildman–Crippen MR) is 75.4 cm³/mol. The van der Waals surface area contributed by atoms with Gasteiger partial charge in [0, 0.05) is 4.88 Å². The number of halogens is 3. The molecule has 106 valence electrons. The van der Waals surface area contributed by atoms with E-state index in [1.807, 2.05) is 0 Å². The van der Waals surface area contributed by atoms with Gasteiger partial charge in [-0.3, -0.25) is 5.32 Å². The summed E-state index contributed by atoms with van der Waals surface area (Å²) < 4.78 is 7.14. The maximum atomic E-state index is 11.7. The summed E-state index contributed by atoms with van der Waals surface area (Å²) in [5.74, 6) is -0.545. The minimum Gasteiger partial charge on any atom is -0.462 e. The van der Waals surface area contributed by atoms with E-state index in [0.29, 0.717) is 0 Å². The molecule has 1 heterocycles. The summed E-state index contributed by atoms with van der Waals surface area (Å²) in [4.78, 5) is 23.9. The second-order valence-corrected chi connectivity index (χ2v) is 6.71. The number of rotatable bonds is 3. The highest BCUT2D eigenvalue weighted by Gasteiger charge is 2.26. The molecule has 0 bridgehead atoms. The van der Waals surface area contributed by atoms with Gasteiger partial charge in [-0.05, 0) is 54.7 Å².